The minimum atomic E-state index is -0.986. The molecular formula is C11H21NO3. The van der Waals surface area contributed by atoms with Crippen molar-refractivity contribution in [1.29, 1.82) is 0 Å². The van der Waals surface area contributed by atoms with Crippen LogP contribution in [0.25, 0.3) is 0 Å². The zero-order valence-corrected chi connectivity index (χ0v) is 10.1. The number of carboxylic acid groups (broad SMARTS) is 1. The summed E-state index contributed by atoms with van der Waals surface area (Å²) in [6.45, 7) is 9.23. The number of hydrogen-bond acceptors (Lipinski definition) is 2. The van der Waals surface area contributed by atoms with E-state index in [-0.39, 0.29) is 11.8 Å². The first kappa shape index (κ1) is 13.9. The van der Waals surface area contributed by atoms with Gasteiger partial charge in [0.1, 0.15) is 6.04 Å². The lowest BCUT2D eigenvalue weighted by atomic mass is 9.86. The first-order valence-electron chi connectivity index (χ1n) is 5.16. The standard InChI is InChI=1S/C11H21NO3/c1-7(2)6-8(13)12-9(10(14)15)11(3,4)5/h7,9H,6H2,1-5H3,(H,12,13)(H,14,15)/t9-/m1/s1. The Morgan fingerprint density at radius 3 is 2.00 bits per heavy atom. The number of amides is 1. The molecule has 0 spiro atoms. The van der Waals surface area contributed by atoms with Gasteiger partial charge in [0.15, 0.2) is 0 Å². The van der Waals surface area contributed by atoms with E-state index in [1.54, 1.807) is 20.8 Å². The molecule has 88 valence electrons. The van der Waals surface area contributed by atoms with Crippen molar-refractivity contribution >= 4 is 11.9 Å². The molecule has 0 aromatic heterocycles. The van der Waals surface area contributed by atoms with Gasteiger partial charge in [-0.2, -0.15) is 0 Å². The predicted molar refractivity (Wildman–Crippen MR) is 58.5 cm³/mol. The van der Waals surface area contributed by atoms with Gasteiger partial charge in [0, 0.05) is 6.42 Å². The number of hydrogen-bond donors (Lipinski definition) is 2. The molecule has 0 aromatic rings. The van der Waals surface area contributed by atoms with E-state index in [0.29, 0.717) is 6.42 Å². The average molecular weight is 215 g/mol. The summed E-state index contributed by atoms with van der Waals surface area (Å²) in [5.41, 5.74) is -0.474. The molecule has 0 rings (SSSR count). The second-order valence-electron chi connectivity index (χ2n) is 5.30. The zero-order chi connectivity index (χ0) is 12.2. The average Bonchev–Trinajstić information content (AvgIpc) is 1.95. The van der Waals surface area contributed by atoms with Crippen molar-refractivity contribution in [3.63, 3.8) is 0 Å². The maximum atomic E-state index is 11.4. The minimum Gasteiger partial charge on any atom is -0.480 e. The van der Waals surface area contributed by atoms with Crippen LogP contribution in [0, 0.1) is 11.3 Å². The summed E-state index contributed by atoms with van der Waals surface area (Å²) in [5.74, 6) is -0.952. The Morgan fingerprint density at radius 1 is 1.27 bits per heavy atom. The van der Waals surface area contributed by atoms with E-state index in [1.165, 1.54) is 0 Å². The smallest absolute Gasteiger partial charge is 0.326 e. The SMILES string of the molecule is CC(C)CC(=O)N[C@H](C(=O)O)C(C)(C)C. The van der Waals surface area contributed by atoms with Gasteiger partial charge in [-0.15, -0.1) is 0 Å². The van der Waals surface area contributed by atoms with Crippen LogP contribution in [0.3, 0.4) is 0 Å². The quantitative estimate of drug-likeness (QED) is 0.749. The van der Waals surface area contributed by atoms with Crippen molar-refractivity contribution in [3.05, 3.63) is 0 Å². The topological polar surface area (TPSA) is 66.4 Å². The van der Waals surface area contributed by atoms with E-state index in [4.69, 9.17) is 5.11 Å². The number of carboxylic acids is 1. The maximum Gasteiger partial charge on any atom is 0.326 e. The van der Waals surface area contributed by atoms with Crippen LogP contribution in [0.15, 0.2) is 0 Å². The normalized spacial score (nSPS) is 13.7. The lowest BCUT2D eigenvalue weighted by Crippen LogP contribution is -2.49. The Bertz CT molecular complexity index is 241. The largest absolute Gasteiger partial charge is 0.480 e. The number of carbonyl (C=O) groups is 2. The summed E-state index contributed by atoms with van der Waals surface area (Å²) in [7, 11) is 0. The number of nitrogens with one attached hydrogen (secondary N) is 1. The molecule has 1 amide bonds. The van der Waals surface area contributed by atoms with E-state index >= 15 is 0 Å². The maximum absolute atomic E-state index is 11.4. The van der Waals surface area contributed by atoms with Gasteiger partial charge >= 0.3 is 5.97 Å². The van der Waals surface area contributed by atoms with Crippen LogP contribution in [0.1, 0.15) is 41.0 Å². The Balaban J connectivity index is 4.44. The van der Waals surface area contributed by atoms with E-state index < -0.39 is 17.4 Å². The van der Waals surface area contributed by atoms with Crippen LogP contribution < -0.4 is 5.32 Å². The van der Waals surface area contributed by atoms with Crippen molar-refractivity contribution in [2.75, 3.05) is 0 Å². The van der Waals surface area contributed by atoms with E-state index in [1.807, 2.05) is 13.8 Å². The first-order valence-corrected chi connectivity index (χ1v) is 5.16. The van der Waals surface area contributed by atoms with Crippen molar-refractivity contribution in [1.82, 2.24) is 5.32 Å². The van der Waals surface area contributed by atoms with Gasteiger partial charge in [0.2, 0.25) is 5.91 Å². The van der Waals surface area contributed by atoms with Crippen molar-refractivity contribution in [2.45, 2.75) is 47.1 Å². The molecule has 15 heavy (non-hydrogen) atoms. The number of rotatable bonds is 4. The molecule has 0 aliphatic rings. The molecule has 0 aliphatic heterocycles. The van der Waals surface area contributed by atoms with Gasteiger partial charge in [0.05, 0.1) is 0 Å². The predicted octanol–water partition coefficient (Wildman–Crippen LogP) is 1.65. The van der Waals surface area contributed by atoms with Crippen LogP contribution in [0.2, 0.25) is 0 Å². The summed E-state index contributed by atoms with van der Waals surface area (Å²) >= 11 is 0. The van der Waals surface area contributed by atoms with Gasteiger partial charge in [0.25, 0.3) is 0 Å². The van der Waals surface area contributed by atoms with Gasteiger partial charge in [-0.25, -0.2) is 4.79 Å². The molecule has 0 bridgehead atoms. The highest BCUT2D eigenvalue weighted by molar-refractivity contribution is 5.84. The Hall–Kier alpha value is -1.06. The third kappa shape index (κ3) is 5.40. The second kappa shape index (κ2) is 5.14. The van der Waals surface area contributed by atoms with Crippen LogP contribution >= 0.6 is 0 Å². The molecule has 1 atom stereocenters. The van der Waals surface area contributed by atoms with Crippen molar-refractivity contribution < 1.29 is 14.7 Å². The molecule has 0 aromatic carbocycles. The van der Waals surface area contributed by atoms with Gasteiger partial charge in [-0.3, -0.25) is 4.79 Å². The van der Waals surface area contributed by atoms with E-state index in [2.05, 4.69) is 5.32 Å². The Labute approximate surface area is 91.1 Å². The summed E-state index contributed by atoms with van der Waals surface area (Å²) in [4.78, 5) is 22.4. The van der Waals surface area contributed by atoms with Crippen molar-refractivity contribution in [2.24, 2.45) is 11.3 Å². The molecule has 4 heteroatoms. The molecule has 0 saturated heterocycles. The Morgan fingerprint density at radius 2 is 1.73 bits per heavy atom. The lowest BCUT2D eigenvalue weighted by molar-refractivity contribution is -0.145. The molecule has 0 aliphatic carbocycles. The number of aliphatic carboxylic acids is 1. The fraction of sp³-hybridized carbons (Fsp3) is 0.818. The molecule has 2 N–H and O–H groups in total. The molecule has 0 radical (unpaired) electrons. The van der Waals surface area contributed by atoms with Crippen LogP contribution in [-0.4, -0.2) is 23.0 Å². The highest BCUT2D eigenvalue weighted by Crippen LogP contribution is 2.19. The third-order valence-corrected chi connectivity index (χ3v) is 2.01. The molecule has 0 fully saturated rings. The van der Waals surface area contributed by atoms with Gasteiger partial charge < -0.3 is 10.4 Å². The highest BCUT2D eigenvalue weighted by Gasteiger charge is 2.32. The highest BCUT2D eigenvalue weighted by atomic mass is 16.4. The second-order valence-corrected chi connectivity index (χ2v) is 5.30. The molecule has 4 nitrogen and oxygen atoms in total. The van der Waals surface area contributed by atoms with Crippen LogP contribution in [-0.2, 0) is 9.59 Å². The molecule has 0 unspecified atom stereocenters. The zero-order valence-electron chi connectivity index (χ0n) is 10.1. The molecule has 0 saturated carbocycles. The van der Waals surface area contributed by atoms with Gasteiger partial charge in [-0.1, -0.05) is 34.6 Å². The fourth-order valence-corrected chi connectivity index (χ4v) is 1.24. The minimum absolute atomic E-state index is 0.202. The van der Waals surface area contributed by atoms with Gasteiger partial charge in [-0.05, 0) is 11.3 Å². The summed E-state index contributed by atoms with van der Waals surface area (Å²) in [5, 5.41) is 11.5. The number of carbonyl (C=O) groups excluding carboxylic acids is 1. The lowest BCUT2D eigenvalue weighted by Gasteiger charge is -2.28. The monoisotopic (exact) mass is 215 g/mol. The summed E-state index contributed by atoms with van der Waals surface area (Å²) < 4.78 is 0. The van der Waals surface area contributed by atoms with Crippen LogP contribution in [0.5, 0.6) is 0 Å². The molecule has 0 heterocycles. The third-order valence-electron chi connectivity index (χ3n) is 2.01. The van der Waals surface area contributed by atoms with Crippen LogP contribution in [0.4, 0.5) is 0 Å². The first-order chi connectivity index (χ1) is 6.64. The van der Waals surface area contributed by atoms with E-state index in [0.717, 1.165) is 0 Å². The summed E-state index contributed by atoms with van der Waals surface area (Å²) in [6.07, 6.45) is 0.361. The fourth-order valence-electron chi connectivity index (χ4n) is 1.24. The van der Waals surface area contributed by atoms with E-state index in [9.17, 15) is 9.59 Å². The Kier molecular flexibility index (Phi) is 4.78. The summed E-state index contributed by atoms with van der Waals surface area (Å²) in [6, 6.07) is -0.830. The molecular weight excluding hydrogens is 194 g/mol. The van der Waals surface area contributed by atoms with Crippen molar-refractivity contribution in [3.8, 4) is 0 Å².